The highest BCUT2D eigenvalue weighted by molar-refractivity contribution is 6.08. The number of benzene rings is 2. The third kappa shape index (κ3) is 3.06. The number of nitrogens with zero attached hydrogens (tertiary/aromatic N) is 4. The van der Waals surface area contributed by atoms with Crippen LogP contribution in [0, 0.1) is 0 Å². The van der Waals surface area contributed by atoms with Gasteiger partial charge in [-0.15, -0.1) is 0 Å². The Bertz CT molecular complexity index is 813. The van der Waals surface area contributed by atoms with Gasteiger partial charge in [0.25, 0.3) is 0 Å². The van der Waals surface area contributed by atoms with Gasteiger partial charge in [-0.25, -0.2) is 15.0 Å². The molecule has 4 heteroatoms. The SMILES string of the molecule is CC.CC.c1ccc2c(c1)c1ccccc1n2-c1ncncn1. The molecule has 0 unspecified atom stereocenters. The summed E-state index contributed by atoms with van der Waals surface area (Å²) in [5.41, 5.74) is 2.21. The minimum atomic E-state index is 0.646. The van der Waals surface area contributed by atoms with Crippen LogP contribution in [0.25, 0.3) is 27.8 Å². The van der Waals surface area contributed by atoms with E-state index < -0.39 is 0 Å². The summed E-state index contributed by atoms with van der Waals surface area (Å²) in [4.78, 5) is 12.4. The van der Waals surface area contributed by atoms with Gasteiger partial charge in [0, 0.05) is 10.8 Å². The minimum absolute atomic E-state index is 0.646. The molecule has 23 heavy (non-hydrogen) atoms. The van der Waals surface area contributed by atoms with Crippen LogP contribution >= 0.6 is 0 Å². The highest BCUT2D eigenvalue weighted by Crippen LogP contribution is 2.30. The normalized spacial score (nSPS) is 9.74. The molecule has 0 aliphatic rings. The summed E-state index contributed by atoms with van der Waals surface area (Å²) in [5, 5.41) is 2.41. The van der Waals surface area contributed by atoms with Crippen molar-refractivity contribution in [3.05, 3.63) is 61.2 Å². The van der Waals surface area contributed by atoms with Crippen LogP contribution in [0.2, 0.25) is 0 Å². The zero-order valence-corrected chi connectivity index (χ0v) is 14.1. The molecule has 4 aromatic rings. The van der Waals surface area contributed by atoms with E-state index in [2.05, 4.69) is 43.8 Å². The Kier molecular flexibility index (Phi) is 5.80. The first-order valence-electron chi connectivity index (χ1n) is 8.06. The number of fused-ring (bicyclic) bond motifs is 3. The number of rotatable bonds is 1. The third-order valence-corrected chi connectivity index (χ3v) is 3.26. The molecule has 0 N–H and O–H groups in total. The van der Waals surface area contributed by atoms with Gasteiger partial charge in [-0.2, -0.15) is 0 Å². The van der Waals surface area contributed by atoms with E-state index in [0.29, 0.717) is 5.95 Å². The second-order valence-corrected chi connectivity index (χ2v) is 4.31. The molecular weight excluding hydrogens is 284 g/mol. The summed E-state index contributed by atoms with van der Waals surface area (Å²) in [5.74, 6) is 0.646. The quantitative estimate of drug-likeness (QED) is 0.496. The molecule has 0 spiro atoms. The molecule has 2 aromatic heterocycles. The van der Waals surface area contributed by atoms with Crippen molar-refractivity contribution in [1.82, 2.24) is 19.5 Å². The first-order chi connectivity index (χ1) is 11.4. The van der Waals surface area contributed by atoms with Crippen LogP contribution in [0.3, 0.4) is 0 Å². The van der Waals surface area contributed by atoms with E-state index in [9.17, 15) is 0 Å². The van der Waals surface area contributed by atoms with Crippen molar-refractivity contribution >= 4 is 21.8 Å². The molecule has 0 amide bonds. The van der Waals surface area contributed by atoms with Crippen LogP contribution in [-0.4, -0.2) is 19.5 Å². The van der Waals surface area contributed by atoms with Crippen LogP contribution in [-0.2, 0) is 0 Å². The molecule has 118 valence electrons. The molecule has 4 nitrogen and oxygen atoms in total. The van der Waals surface area contributed by atoms with Gasteiger partial charge in [-0.05, 0) is 12.1 Å². The van der Waals surface area contributed by atoms with Crippen molar-refractivity contribution in [2.45, 2.75) is 27.7 Å². The van der Waals surface area contributed by atoms with E-state index in [4.69, 9.17) is 0 Å². The maximum atomic E-state index is 4.26. The van der Waals surface area contributed by atoms with E-state index in [-0.39, 0.29) is 0 Å². The Morgan fingerprint density at radius 3 is 1.57 bits per heavy atom. The molecule has 4 rings (SSSR count). The van der Waals surface area contributed by atoms with Crippen LogP contribution in [0.1, 0.15) is 27.7 Å². The molecule has 0 atom stereocenters. The smallest absolute Gasteiger partial charge is 0.237 e. The van der Waals surface area contributed by atoms with Crippen LogP contribution in [0.4, 0.5) is 0 Å². The molecule has 0 fully saturated rings. The predicted molar refractivity (Wildman–Crippen MR) is 96.9 cm³/mol. The summed E-state index contributed by atoms with van der Waals surface area (Å²) in [7, 11) is 0. The lowest BCUT2D eigenvalue weighted by Crippen LogP contribution is -2.00. The van der Waals surface area contributed by atoms with E-state index in [0.717, 1.165) is 11.0 Å². The van der Waals surface area contributed by atoms with Crippen LogP contribution in [0.5, 0.6) is 0 Å². The molecule has 0 saturated carbocycles. The Hall–Kier alpha value is -2.75. The van der Waals surface area contributed by atoms with Gasteiger partial charge < -0.3 is 0 Å². The molecule has 2 aromatic carbocycles. The van der Waals surface area contributed by atoms with Crippen molar-refractivity contribution in [3.63, 3.8) is 0 Å². The second-order valence-electron chi connectivity index (χ2n) is 4.31. The first kappa shape index (κ1) is 16.6. The first-order valence-corrected chi connectivity index (χ1v) is 8.06. The Morgan fingerprint density at radius 1 is 0.652 bits per heavy atom. The summed E-state index contributed by atoms with van der Waals surface area (Å²) < 4.78 is 2.06. The van der Waals surface area contributed by atoms with Gasteiger partial charge >= 0.3 is 0 Å². The Balaban J connectivity index is 0.000000448. The zero-order valence-electron chi connectivity index (χ0n) is 14.1. The monoisotopic (exact) mass is 306 g/mol. The maximum absolute atomic E-state index is 4.26. The molecule has 0 bridgehead atoms. The van der Waals surface area contributed by atoms with Crippen molar-refractivity contribution in [2.24, 2.45) is 0 Å². The molecule has 2 heterocycles. The van der Waals surface area contributed by atoms with Gasteiger partial charge in [0.05, 0.1) is 11.0 Å². The van der Waals surface area contributed by atoms with Crippen molar-refractivity contribution in [1.29, 1.82) is 0 Å². The minimum Gasteiger partial charge on any atom is -0.278 e. The highest BCUT2D eigenvalue weighted by Gasteiger charge is 2.12. The Morgan fingerprint density at radius 2 is 1.09 bits per heavy atom. The maximum Gasteiger partial charge on any atom is 0.237 e. The van der Waals surface area contributed by atoms with Gasteiger partial charge in [0.15, 0.2) is 0 Å². The summed E-state index contributed by atoms with van der Waals surface area (Å²) in [6, 6.07) is 16.6. The van der Waals surface area contributed by atoms with Gasteiger partial charge in [0.1, 0.15) is 12.7 Å². The molecular formula is C19H22N4. The lowest BCUT2D eigenvalue weighted by atomic mass is 10.2. The largest absolute Gasteiger partial charge is 0.278 e. The van der Waals surface area contributed by atoms with Crippen molar-refractivity contribution in [2.75, 3.05) is 0 Å². The van der Waals surface area contributed by atoms with E-state index in [1.807, 2.05) is 52.0 Å². The fraction of sp³-hybridized carbons (Fsp3) is 0.211. The topological polar surface area (TPSA) is 43.6 Å². The van der Waals surface area contributed by atoms with Crippen molar-refractivity contribution in [3.8, 4) is 5.95 Å². The number of aromatic nitrogens is 4. The highest BCUT2D eigenvalue weighted by atomic mass is 15.2. The standard InChI is InChI=1S/C15H10N4.2C2H6/c1-3-7-13-11(5-1)12-6-2-4-8-14(12)19(13)15-17-9-16-10-18-15;2*1-2/h1-10H;2*1-2H3. The summed E-state index contributed by atoms with van der Waals surface area (Å²) in [6.07, 6.45) is 3.04. The molecule has 0 saturated heterocycles. The average molecular weight is 306 g/mol. The van der Waals surface area contributed by atoms with E-state index in [1.54, 1.807) is 0 Å². The fourth-order valence-corrected chi connectivity index (χ4v) is 2.49. The van der Waals surface area contributed by atoms with Crippen molar-refractivity contribution < 1.29 is 0 Å². The van der Waals surface area contributed by atoms with E-state index >= 15 is 0 Å². The number of hydrogen-bond acceptors (Lipinski definition) is 3. The lowest BCUT2D eigenvalue weighted by molar-refractivity contribution is 0.939. The molecule has 0 radical (unpaired) electrons. The lowest BCUT2D eigenvalue weighted by Gasteiger charge is -2.03. The summed E-state index contributed by atoms with van der Waals surface area (Å²) >= 11 is 0. The molecule has 0 aliphatic heterocycles. The molecule has 0 aliphatic carbocycles. The average Bonchev–Trinajstić information content (AvgIpc) is 3.00. The Labute approximate surface area is 136 Å². The fourth-order valence-electron chi connectivity index (χ4n) is 2.49. The number of para-hydroxylation sites is 2. The van der Waals surface area contributed by atoms with Gasteiger partial charge in [-0.1, -0.05) is 64.1 Å². The van der Waals surface area contributed by atoms with Crippen LogP contribution in [0.15, 0.2) is 61.2 Å². The predicted octanol–water partition coefficient (Wildman–Crippen LogP) is 5.02. The van der Waals surface area contributed by atoms with Crippen LogP contribution < -0.4 is 0 Å². The third-order valence-electron chi connectivity index (χ3n) is 3.26. The zero-order chi connectivity index (χ0) is 16.7. The van der Waals surface area contributed by atoms with E-state index in [1.165, 1.54) is 23.4 Å². The second kappa shape index (κ2) is 8.03. The van der Waals surface area contributed by atoms with Gasteiger partial charge in [-0.3, -0.25) is 4.57 Å². The van der Waals surface area contributed by atoms with Gasteiger partial charge in [0.2, 0.25) is 5.95 Å². The summed E-state index contributed by atoms with van der Waals surface area (Å²) in [6.45, 7) is 8.00. The number of hydrogen-bond donors (Lipinski definition) is 0.